The van der Waals surface area contributed by atoms with Crippen molar-refractivity contribution in [2.45, 2.75) is 13.8 Å². The largest absolute Gasteiger partial charge is 0.480 e. The van der Waals surface area contributed by atoms with Gasteiger partial charge < -0.3 is 26.4 Å². The van der Waals surface area contributed by atoms with E-state index in [4.69, 9.17) is 22.4 Å². The first-order valence-electron chi connectivity index (χ1n) is 10.8. The molecule has 0 bridgehead atoms. The van der Waals surface area contributed by atoms with Crippen molar-refractivity contribution < 1.29 is 14.7 Å². The molecule has 12 heteroatoms. The quantitative estimate of drug-likeness (QED) is 0.367. The van der Waals surface area contributed by atoms with Crippen molar-refractivity contribution in [2.24, 2.45) is 5.73 Å². The zero-order chi connectivity index (χ0) is 25.5. The smallest absolute Gasteiger partial charge is 0.317 e. The maximum absolute atomic E-state index is 12.8. The fourth-order valence-corrected chi connectivity index (χ4v) is 4.43. The van der Waals surface area contributed by atoms with Crippen LogP contribution in [0, 0.1) is 13.8 Å². The standard InChI is InChI=1S/C23H28ClN7O3S/c1-14-5-4-6-17(24)22(14)29-23(34)18(12-25)35-16(3)28-19-11-20(27-15(2)26-19)31-9-7-30(8-10-31)13-21(32)33/h4-6,11-12H,3,7-10,13,25H2,1-2H3,(H,29,34)(H,32,33)(H,26,27,28)/b18-12-. The Kier molecular flexibility index (Phi) is 8.96. The van der Waals surface area contributed by atoms with Gasteiger partial charge in [0.05, 0.1) is 27.2 Å². The molecule has 186 valence electrons. The second kappa shape index (κ2) is 11.9. The number of aliphatic carboxylic acids is 1. The summed E-state index contributed by atoms with van der Waals surface area (Å²) in [4.78, 5) is 36.8. The van der Waals surface area contributed by atoms with Gasteiger partial charge in [0.1, 0.15) is 17.5 Å². The van der Waals surface area contributed by atoms with Gasteiger partial charge in [-0.2, -0.15) is 0 Å². The van der Waals surface area contributed by atoms with E-state index in [9.17, 15) is 9.59 Å². The number of carboxylic acids is 1. The highest BCUT2D eigenvalue weighted by Gasteiger charge is 2.21. The van der Waals surface area contributed by atoms with Crippen LogP contribution in [-0.2, 0) is 9.59 Å². The number of carbonyl (C=O) groups excluding carboxylic acids is 1. The minimum atomic E-state index is -0.833. The highest BCUT2D eigenvalue weighted by Crippen LogP contribution is 2.30. The number of para-hydroxylation sites is 1. The van der Waals surface area contributed by atoms with Crippen LogP contribution < -0.4 is 21.3 Å². The first-order valence-corrected chi connectivity index (χ1v) is 12.0. The molecule has 10 nitrogen and oxygen atoms in total. The number of aromatic nitrogens is 2. The normalized spacial score (nSPS) is 14.5. The van der Waals surface area contributed by atoms with Crippen molar-refractivity contribution in [1.29, 1.82) is 0 Å². The molecule has 1 aromatic heterocycles. The second-order valence-corrected chi connectivity index (χ2v) is 9.43. The minimum Gasteiger partial charge on any atom is -0.480 e. The topological polar surface area (TPSA) is 137 Å². The number of nitrogens with one attached hydrogen (secondary N) is 2. The Balaban J connectivity index is 1.62. The number of rotatable bonds is 9. The molecule has 1 aliphatic heterocycles. The Morgan fingerprint density at radius 1 is 1.23 bits per heavy atom. The summed E-state index contributed by atoms with van der Waals surface area (Å²) < 4.78 is 0. The Hall–Kier alpha value is -3.28. The molecule has 1 aromatic carbocycles. The van der Waals surface area contributed by atoms with Crippen LogP contribution in [0.2, 0.25) is 5.02 Å². The lowest BCUT2D eigenvalue weighted by atomic mass is 10.2. The number of nitrogens with zero attached hydrogens (tertiary/aromatic N) is 4. The van der Waals surface area contributed by atoms with Gasteiger partial charge in [0, 0.05) is 38.4 Å². The van der Waals surface area contributed by atoms with E-state index in [1.54, 1.807) is 25.1 Å². The van der Waals surface area contributed by atoms with E-state index in [1.807, 2.05) is 17.9 Å². The zero-order valence-corrected chi connectivity index (χ0v) is 21.1. The van der Waals surface area contributed by atoms with Crippen LogP contribution in [0.4, 0.5) is 17.3 Å². The van der Waals surface area contributed by atoms with Gasteiger partial charge in [-0.05, 0) is 25.5 Å². The summed E-state index contributed by atoms with van der Waals surface area (Å²) in [6.45, 7) is 10.2. The molecule has 1 amide bonds. The third kappa shape index (κ3) is 7.35. The molecule has 3 rings (SSSR count). The third-order valence-electron chi connectivity index (χ3n) is 5.22. The lowest BCUT2D eigenvalue weighted by molar-refractivity contribution is -0.138. The van der Waals surface area contributed by atoms with E-state index < -0.39 is 11.9 Å². The van der Waals surface area contributed by atoms with Crippen LogP contribution in [0.5, 0.6) is 0 Å². The van der Waals surface area contributed by atoms with Gasteiger partial charge in [0.25, 0.3) is 5.91 Å². The van der Waals surface area contributed by atoms with Crippen molar-refractivity contribution in [3.8, 4) is 0 Å². The van der Waals surface area contributed by atoms with Crippen molar-refractivity contribution in [2.75, 3.05) is 48.3 Å². The van der Waals surface area contributed by atoms with Gasteiger partial charge in [0.2, 0.25) is 0 Å². The van der Waals surface area contributed by atoms with Gasteiger partial charge in [0.15, 0.2) is 0 Å². The van der Waals surface area contributed by atoms with Gasteiger partial charge in [-0.3, -0.25) is 14.5 Å². The molecule has 0 spiro atoms. The summed E-state index contributed by atoms with van der Waals surface area (Å²) in [5.74, 6) is 0.583. The molecule has 0 saturated carbocycles. The number of hydrogen-bond donors (Lipinski definition) is 4. The van der Waals surface area contributed by atoms with Gasteiger partial charge in [-0.15, -0.1) is 0 Å². The molecule has 1 saturated heterocycles. The van der Waals surface area contributed by atoms with Crippen molar-refractivity contribution in [3.63, 3.8) is 0 Å². The van der Waals surface area contributed by atoms with Gasteiger partial charge in [-0.1, -0.05) is 42.1 Å². The summed E-state index contributed by atoms with van der Waals surface area (Å²) in [7, 11) is 0. The summed E-state index contributed by atoms with van der Waals surface area (Å²) >= 11 is 7.28. The van der Waals surface area contributed by atoms with E-state index >= 15 is 0 Å². The Morgan fingerprint density at radius 3 is 2.57 bits per heavy atom. The molecular formula is C23H28ClN7O3S. The van der Waals surface area contributed by atoms with Crippen molar-refractivity contribution in [3.05, 3.63) is 63.4 Å². The zero-order valence-electron chi connectivity index (χ0n) is 19.5. The molecule has 1 fully saturated rings. The summed E-state index contributed by atoms with van der Waals surface area (Å²) in [5.41, 5.74) is 7.07. The molecule has 0 unspecified atom stereocenters. The number of aryl methyl sites for hydroxylation is 2. The first kappa shape index (κ1) is 26.3. The third-order valence-corrected chi connectivity index (χ3v) is 6.42. The fourth-order valence-electron chi connectivity index (χ4n) is 3.53. The molecule has 2 heterocycles. The van der Waals surface area contributed by atoms with E-state index in [0.29, 0.717) is 53.6 Å². The number of carboxylic acid groups (broad SMARTS) is 1. The van der Waals surface area contributed by atoms with Crippen LogP contribution in [0.3, 0.4) is 0 Å². The predicted molar refractivity (Wildman–Crippen MR) is 141 cm³/mol. The molecule has 2 aromatic rings. The monoisotopic (exact) mass is 517 g/mol. The lowest BCUT2D eigenvalue weighted by Gasteiger charge is -2.34. The first-order chi connectivity index (χ1) is 16.7. The molecule has 35 heavy (non-hydrogen) atoms. The number of hydrogen-bond acceptors (Lipinski definition) is 9. The summed E-state index contributed by atoms with van der Waals surface area (Å²) in [5, 5.41) is 15.8. The van der Waals surface area contributed by atoms with Crippen molar-refractivity contribution >= 4 is 52.6 Å². The Labute approximate surface area is 213 Å². The fraction of sp³-hybridized carbons (Fsp3) is 0.304. The molecule has 0 radical (unpaired) electrons. The van der Waals surface area contributed by atoms with E-state index in [0.717, 1.165) is 23.1 Å². The number of halogens is 1. The summed E-state index contributed by atoms with van der Waals surface area (Å²) in [6.07, 6.45) is 1.21. The number of carbonyl (C=O) groups is 2. The van der Waals surface area contributed by atoms with E-state index in [2.05, 4.69) is 32.1 Å². The lowest BCUT2D eigenvalue weighted by Crippen LogP contribution is -2.48. The molecule has 1 aliphatic rings. The van der Waals surface area contributed by atoms with Gasteiger partial charge >= 0.3 is 5.97 Å². The number of amides is 1. The minimum absolute atomic E-state index is 0.0289. The molecule has 5 N–H and O–H groups in total. The van der Waals surface area contributed by atoms with Crippen LogP contribution in [-0.4, -0.2) is 64.6 Å². The highest BCUT2D eigenvalue weighted by atomic mass is 35.5. The number of thioether (sulfide) groups is 1. The highest BCUT2D eigenvalue weighted by molar-refractivity contribution is 8.07. The number of nitrogens with two attached hydrogens (primary N) is 1. The molecule has 0 atom stereocenters. The average molecular weight is 518 g/mol. The second-order valence-electron chi connectivity index (χ2n) is 7.88. The maximum atomic E-state index is 12.8. The number of benzene rings is 1. The molecular weight excluding hydrogens is 490 g/mol. The number of piperazine rings is 1. The maximum Gasteiger partial charge on any atom is 0.317 e. The van der Waals surface area contributed by atoms with E-state index in [1.165, 1.54) is 6.20 Å². The SMILES string of the molecule is C=C(Nc1cc(N2CCN(CC(=O)O)CC2)nc(C)n1)S/C(=C\N)C(=O)Nc1c(C)cccc1Cl. The van der Waals surface area contributed by atoms with Crippen LogP contribution in [0.15, 0.2) is 47.0 Å². The number of anilines is 3. The van der Waals surface area contributed by atoms with E-state index in [-0.39, 0.29) is 11.4 Å². The molecule has 0 aliphatic carbocycles. The average Bonchev–Trinajstić information content (AvgIpc) is 2.79. The Bertz CT molecular complexity index is 1130. The van der Waals surface area contributed by atoms with Crippen LogP contribution >= 0.6 is 23.4 Å². The van der Waals surface area contributed by atoms with Crippen LogP contribution in [0.1, 0.15) is 11.4 Å². The van der Waals surface area contributed by atoms with Crippen molar-refractivity contribution in [1.82, 2.24) is 14.9 Å². The van der Waals surface area contributed by atoms with Gasteiger partial charge in [-0.25, -0.2) is 9.97 Å². The Morgan fingerprint density at radius 2 is 1.94 bits per heavy atom. The van der Waals surface area contributed by atoms with Crippen LogP contribution in [0.25, 0.3) is 0 Å². The summed E-state index contributed by atoms with van der Waals surface area (Å²) in [6, 6.07) is 7.15. The predicted octanol–water partition coefficient (Wildman–Crippen LogP) is 3.01.